The van der Waals surface area contributed by atoms with Crippen molar-refractivity contribution in [1.82, 2.24) is 4.98 Å². The van der Waals surface area contributed by atoms with Crippen LogP contribution in [0.4, 0.5) is 11.5 Å². The standard InChI is InChI=1S/C19H21N3O4/c1-12-9-22(15(10-25-12)13-5-3-4-6-16(13)24-2)18-7-14-17(8-20-18)26-11-19(23)21-14/h3-8,12,15H,9-11H2,1-2H3,(H,21,23)/t12-,15+/m1/s1. The van der Waals surface area contributed by atoms with Gasteiger partial charge in [-0.15, -0.1) is 0 Å². The molecule has 1 N–H and O–H groups in total. The van der Waals surface area contributed by atoms with Gasteiger partial charge in [-0.3, -0.25) is 4.79 Å². The number of ether oxygens (including phenoxy) is 3. The lowest BCUT2D eigenvalue weighted by atomic mass is 10.0. The Bertz CT molecular complexity index is 826. The first kappa shape index (κ1) is 16.7. The minimum Gasteiger partial charge on any atom is -0.496 e. The average Bonchev–Trinajstić information content (AvgIpc) is 2.67. The van der Waals surface area contributed by atoms with E-state index in [0.29, 0.717) is 24.6 Å². The van der Waals surface area contributed by atoms with E-state index in [0.717, 1.165) is 17.1 Å². The number of hydrogen-bond donors (Lipinski definition) is 1. The molecule has 3 heterocycles. The van der Waals surface area contributed by atoms with E-state index in [1.807, 2.05) is 37.3 Å². The molecule has 2 atom stereocenters. The van der Waals surface area contributed by atoms with Gasteiger partial charge in [0.25, 0.3) is 5.91 Å². The van der Waals surface area contributed by atoms with Gasteiger partial charge in [0.05, 0.1) is 37.7 Å². The van der Waals surface area contributed by atoms with Crippen molar-refractivity contribution in [1.29, 1.82) is 0 Å². The van der Waals surface area contributed by atoms with Crippen LogP contribution in [0.1, 0.15) is 18.5 Å². The zero-order chi connectivity index (χ0) is 18.1. The molecule has 2 aliphatic heterocycles. The summed E-state index contributed by atoms with van der Waals surface area (Å²) in [5, 5.41) is 2.84. The molecule has 0 bridgehead atoms. The molecule has 1 aromatic heterocycles. The molecule has 0 radical (unpaired) electrons. The SMILES string of the molecule is COc1ccccc1[C@@H]1CO[C@H](C)CN1c1cc2c(cn1)OCC(=O)N2. The fraction of sp³-hybridized carbons (Fsp3) is 0.368. The Hall–Kier alpha value is -2.80. The molecule has 1 saturated heterocycles. The topological polar surface area (TPSA) is 72.9 Å². The van der Waals surface area contributed by atoms with Gasteiger partial charge >= 0.3 is 0 Å². The molecule has 0 saturated carbocycles. The molecule has 0 unspecified atom stereocenters. The van der Waals surface area contributed by atoms with E-state index in [2.05, 4.69) is 15.2 Å². The number of carbonyl (C=O) groups is 1. The summed E-state index contributed by atoms with van der Waals surface area (Å²) in [5.74, 6) is 2.01. The first-order valence-corrected chi connectivity index (χ1v) is 8.59. The van der Waals surface area contributed by atoms with Crippen LogP contribution < -0.4 is 19.7 Å². The van der Waals surface area contributed by atoms with Crippen LogP contribution in [0.25, 0.3) is 0 Å². The normalized spacial score (nSPS) is 22.2. The van der Waals surface area contributed by atoms with Crippen LogP contribution in [0.3, 0.4) is 0 Å². The predicted molar refractivity (Wildman–Crippen MR) is 96.9 cm³/mol. The summed E-state index contributed by atoms with van der Waals surface area (Å²) in [6.45, 7) is 3.27. The summed E-state index contributed by atoms with van der Waals surface area (Å²) >= 11 is 0. The summed E-state index contributed by atoms with van der Waals surface area (Å²) in [5.41, 5.74) is 1.69. The van der Waals surface area contributed by atoms with Crippen molar-refractivity contribution >= 4 is 17.4 Å². The number of aromatic nitrogens is 1. The van der Waals surface area contributed by atoms with Crippen LogP contribution in [0, 0.1) is 0 Å². The number of nitrogens with zero attached hydrogens (tertiary/aromatic N) is 2. The van der Waals surface area contributed by atoms with Crippen LogP contribution in [-0.4, -0.2) is 43.9 Å². The molecule has 1 aromatic carbocycles. The smallest absolute Gasteiger partial charge is 0.262 e. The van der Waals surface area contributed by atoms with E-state index >= 15 is 0 Å². The molecule has 0 spiro atoms. The Balaban J connectivity index is 1.72. The summed E-state index contributed by atoms with van der Waals surface area (Å²) in [4.78, 5) is 18.4. The lowest BCUT2D eigenvalue weighted by molar-refractivity contribution is -0.118. The molecule has 1 fully saturated rings. The minimum absolute atomic E-state index is 0.0203. The number of hydrogen-bond acceptors (Lipinski definition) is 6. The van der Waals surface area contributed by atoms with E-state index in [1.165, 1.54) is 0 Å². The van der Waals surface area contributed by atoms with Gasteiger partial charge in [-0.05, 0) is 13.0 Å². The summed E-state index contributed by atoms with van der Waals surface area (Å²) < 4.78 is 16.9. The molecule has 7 heteroatoms. The van der Waals surface area contributed by atoms with Crippen molar-refractivity contribution in [2.75, 3.05) is 37.1 Å². The van der Waals surface area contributed by atoms with Gasteiger partial charge in [0.15, 0.2) is 12.4 Å². The third kappa shape index (κ3) is 3.06. The largest absolute Gasteiger partial charge is 0.496 e. The molecular formula is C19H21N3O4. The number of morpholine rings is 1. The molecule has 4 rings (SSSR count). The predicted octanol–water partition coefficient (Wildman–Crippen LogP) is 2.39. The number of rotatable bonds is 3. The highest BCUT2D eigenvalue weighted by atomic mass is 16.5. The average molecular weight is 355 g/mol. The molecule has 1 amide bonds. The van der Waals surface area contributed by atoms with E-state index in [9.17, 15) is 4.79 Å². The number of carbonyl (C=O) groups excluding carboxylic acids is 1. The number of fused-ring (bicyclic) bond motifs is 1. The number of methoxy groups -OCH3 is 1. The molecule has 0 aliphatic carbocycles. The van der Waals surface area contributed by atoms with E-state index in [-0.39, 0.29) is 24.7 Å². The van der Waals surface area contributed by atoms with Gasteiger partial charge in [-0.1, -0.05) is 18.2 Å². The third-order valence-corrected chi connectivity index (χ3v) is 4.65. The maximum absolute atomic E-state index is 11.6. The van der Waals surface area contributed by atoms with Crippen LogP contribution in [0.15, 0.2) is 36.5 Å². The second-order valence-electron chi connectivity index (χ2n) is 6.43. The second-order valence-corrected chi connectivity index (χ2v) is 6.43. The van der Waals surface area contributed by atoms with Gasteiger partial charge in [0, 0.05) is 18.2 Å². The zero-order valence-corrected chi connectivity index (χ0v) is 14.8. The van der Waals surface area contributed by atoms with Gasteiger partial charge in [0.1, 0.15) is 11.6 Å². The number of nitrogens with one attached hydrogen (secondary N) is 1. The van der Waals surface area contributed by atoms with E-state index in [1.54, 1.807) is 13.3 Å². The van der Waals surface area contributed by atoms with Crippen molar-refractivity contribution in [2.45, 2.75) is 19.1 Å². The fourth-order valence-electron chi connectivity index (χ4n) is 3.39. The Morgan fingerprint density at radius 2 is 2.19 bits per heavy atom. The second kappa shape index (κ2) is 6.84. The third-order valence-electron chi connectivity index (χ3n) is 4.65. The number of benzene rings is 1. The maximum atomic E-state index is 11.6. The number of anilines is 2. The Morgan fingerprint density at radius 1 is 1.35 bits per heavy atom. The minimum atomic E-state index is -0.161. The number of pyridine rings is 1. The molecule has 2 aromatic rings. The number of amides is 1. The lowest BCUT2D eigenvalue weighted by Gasteiger charge is -2.40. The van der Waals surface area contributed by atoms with Crippen LogP contribution in [0.2, 0.25) is 0 Å². The maximum Gasteiger partial charge on any atom is 0.262 e. The van der Waals surface area contributed by atoms with Crippen LogP contribution in [0.5, 0.6) is 11.5 Å². The lowest BCUT2D eigenvalue weighted by Crippen LogP contribution is -2.44. The Labute approximate surface area is 151 Å². The molecule has 2 aliphatic rings. The quantitative estimate of drug-likeness (QED) is 0.911. The monoisotopic (exact) mass is 355 g/mol. The zero-order valence-electron chi connectivity index (χ0n) is 14.8. The van der Waals surface area contributed by atoms with Gasteiger partial charge in [0.2, 0.25) is 0 Å². The summed E-state index contributed by atoms with van der Waals surface area (Å²) in [6.07, 6.45) is 1.73. The number of para-hydroxylation sites is 1. The first-order chi connectivity index (χ1) is 12.7. The highest BCUT2D eigenvalue weighted by molar-refractivity contribution is 5.95. The highest BCUT2D eigenvalue weighted by Gasteiger charge is 2.32. The van der Waals surface area contributed by atoms with E-state index < -0.39 is 0 Å². The summed E-state index contributed by atoms with van der Waals surface area (Å²) in [6, 6.07) is 9.74. The Kier molecular flexibility index (Phi) is 4.38. The molecule has 7 nitrogen and oxygen atoms in total. The van der Waals surface area contributed by atoms with Crippen molar-refractivity contribution < 1.29 is 19.0 Å². The van der Waals surface area contributed by atoms with Gasteiger partial charge in [-0.2, -0.15) is 0 Å². The van der Waals surface area contributed by atoms with Crippen molar-refractivity contribution in [2.24, 2.45) is 0 Å². The van der Waals surface area contributed by atoms with Crippen LogP contribution in [-0.2, 0) is 9.53 Å². The van der Waals surface area contributed by atoms with Gasteiger partial charge < -0.3 is 24.4 Å². The summed E-state index contributed by atoms with van der Waals surface area (Å²) in [7, 11) is 1.67. The Morgan fingerprint density at radius 3 is 3.04 bits per heavy atom. The molecule has 26 heavy (non-hydrogen) atoms. The van der Waals surface area contributed by atoms with Crippen molar-refractivity contribution in [3.63, 3.8) is 0 Å². The van der Waals surface area contributed by atoms with E-state index in [4.69, 9.17) is 14.2 Å². The molecular weight excluding hydrogens is 334 g/mol. The molecule has 136 valence electrons. The van der Waals surface area contributed by atoms with Crippen molar-refractivity contribution in [3.8, 4) is 11.5 Å². The van der Waals surface area contributed by atoms with Gasteiger partial charge in [-0.25, -0.2) is 4.98 Å². The first-order valence-electron chi connectivity index (χ1n) is 8.59. The highest BCUT2D eigenvalue weighted by Crippen LogP contribution is 2.37. The van der Waals surface area contributed by atoms with Crippen LogP contribution >= 0.6 is 0 Å². The fourth-order valence-corrected chi connectivity index (χ4v) is 3.39. The van der Waals surface area contributed by atoms with Crippen molar-refractivity contribution in [3.05, 3.63) is 42.1 Å².